The lowest BCUT2D eigenvalue weighted by Crippen LogP contribution is -2.07. The molecule has 0 amide bonds. The van der Waals surface area contributed by atoms with E-state index in [1.54, 1.807) is 0 Å². The first-order valence-electron chi connectivity index (χ1n) is 5.17. The monoisotopic (exact) mass is 274 g/mol. The van der Waals surface area contributed by atoms with E-state index < -0.39 is 46.3 Å². The molecule has 19 heavy (non-hydrogen) atoms. The molecule has 2 rings (SSSR count). The molecule has 1 atom stereocenters. The van der Waals surface area contributed by atoms with Gasteiger partial charge < -0.3 is 5.11 Å². The normalized spacial score (nSPS) is 12.5. The number of aliphatic hydroxyl groups is 1. The second kappa shape index (κ2) is 4.97. The van der Waals surface area contributed by atoms with Crippen molar-refractivity contribution >= 4 is 0 Å². The van der Waals surface area contributed by atoms with Crippen molar-refractivity contribution in [3.63, 3.8) is 0 Å². The molecule has 1 nitrogen and oxygen atoms in total. The van der Waals surface area contributed by atoms with E-state index in [4.69, 9.17) is 0 Å². The molecule has 1 unspecified atom stereocenters. The molecular weight excluding hydrogens is 267 g/mol. The summed E-state index contributed by atoms with van der Waals surface area (Å²) in [5.74, 6) is -5.92. The Bertz CT molecular complexity index is 627. The minimum absolute atomic E-state index is 0.227. The highest BCUT2D eigenvalue weighted by Gasteiger charge is 2.21. The van der Waals surface area contributed by atoms with E-state index in [1.165, 1.54) is 0 Å². The summed E-state index contributed by atoms with van der Waals surface area (Å²) in [4.78, 5) is 0. The Labute approximate surface area is 104 Å². The first kappa shape index (κ1) is 13.5. The third kappa shape index (κ3) is 2.58. The van der Waals surface area contributed by atoms with Crippen LogP contribution in [0.1, 0.15) is 17.2 Å². The first-order valence-corrected chi connectivity index (χ1v) is 5.17. The predicted octanol–water partition coefficient (Wildman–Crippen LogP) is 3.46. The van der Waals surface area contributed by atoms with Crippen LogP contribution >= 0.6 is 0 Å². The number of benzene rings is 2. The van der Waals surface area contributed by atoms with Crippen LogP contribution in [0.25, 0.3) is 0 Å². The zero-order chi connectivity index (χ0) is 14.2. The van der Waals surface area contributed by atoms with E-state index in [2.05, 4.69) is 0 Å². The molecule has 100 valence electrons. The Kier molecular flexibility index (Phi) is 3.53. The Hall–Kier alpha value is -1.95. The molecule has 0 fully saturated rings. The molecule has 0 radical (unpaired) electrons. The van der Waals surface area contributed by atoms with E-state index >= 15 is 0 Å². The van der Waals surface area contributed by atoms with Crippen molar-refractivity contribution in [2.45, 2.75) is 6.10 Å². The standard InChI is InChI=1S/C13H7F5O/c14-6-1-2-9(15)7(3-6)13(19)8-4-11(17)12(18)5-10(8)16/h1-5,13,19H. The van der Waals surface area contributed by atoms with Gasteiger partial charge in [-0.15, -0.1) is 0 Å². The average Bonchev–Trinajstić information content (AvgIpc) is 2.36. The molecule has 1 N–H and O–H groups in total. The smallest absolute Gasteiger partial charge is 0.161 e. The third-order valence-corrected chi connectivity index (χ3v) is 2.59. The topological polar surface area (TPSA) is 20.2 Å². The van der Waals surface area contributed by atoms with Gasteiger partial charge in [0, 0.05) is 17.2 Å². The molecule has 0 bridgehead atoms. The van der Waals surface area contributed by atoms with Gasteiger partial charge in [0.05, 0.1) is 0 Å². The van der Waals surface area contributed by atoms with Crippen LogP contribution in [0.4, 0.5) is 22.0 Å². The molecule has 2 aromatic rings. The number of aliphatic hydroxyl groups excluding tert-OH is 1. The van der Waals surface area contributed by atoms with Crippen LogP contribution in [0.15, 0.2) is 30.3 Å². The zero-order valence-electron chi connectivity index (χ0n) is 9.30. The Morgan fingerprint density at radius 1 is 0.684 bits per heavy atom. The molecule has 0 aliphatic carbocycles. The fourth-order valence-corrected chi connectivity index (χ4v) is 1.64. The van der Waals surface area contributed by atoms with Crippen LogP contribution in [-0.4, -0.2) is 5.11 Å². The summed E-state index contributed by atoms with van der Waals surface area (Å²) in [6.07, 6.45) is -1.94. The van der Waals surface area contributed by atoms with Crippen LogP contribution in [0, 0.1) is 29.1 Å². The van der Waals surface area contributed by atoms with Gasteiger partial charge in [0.25, 0.3) is 0 Å². The molecule has 0 aliphatic heterocycles. The molecule has 0 aromatic heterocycles. The minimum Gasteiger partial charge on any atom is -0.383 e. The summed E-state index contributed by atoms with van der Waals surface area (Å²) in [6, 6.07) is 2.84. The number of hydrogen-bond donors (Lipinski definition) is 1. The Balaban J connectivity index is 2.52. The number of halogens is 5. The number of hydrogen-bond acceptors (Lipinski definition) is 1. The van der Waals surface area contributed by atoms with Gasteiger partial charge in [0.1, 0.15) is 23.6 Å². The van der Waals surface area contributed by atoms with Crippen molar-refractivity contribution in [1.82, 2.24) is 0 Å². The largest absolute Gasteiger partial charge is 0.383 e. The van der Waals surface area contributed by atoms with E-state index in [9.17, 15) is 27.1 Å². The first-order chi connectivity index (χ1) is 8.90. The van der Waals surface area contributed by atoms with Crippen molar-refractivity contribution < 1.29 is 27.1 Å². The maximum Gasteiger partial charge on any atom is 0.161 e. The van der Waals surface area contributed by atoms with Crippen LogP contribution in [0.5, 0.6) is 0 Å². The van der Waals surface area contributed by atoms with Crippen molar-refractivity contribution in [2.24, 2.45) is 0 Å². The lowest BCUT2D eigenvalue weighted by atomic mass is 10.00. The second-order valence-electron chi connectivity index (χ2n) is 3.86. The SMILES string of the molecule is OC(c1cc(F)ccc1F)c1cc(F)c(F)cc1F. The lowest BCUT2D eigenvalue weighted by Gasteiger charge is -2.13. The quantitative estimate of drug-likeness (QED) is 0.656. The molecule has 0 spiro atoms. The highest BCUT2D eigenvalue weighted by atomic mass is 19.2. The van der Waals surface area contributed by atoms with E-state index in [0.29, 0.717) is 12.1 Å². The van der Waals surface area contributed by atoms with Crippen LogP contribution in [0.2, 0.25) is 0 Å². The lowest BCUT2D eigenvalue weighted by molar-refractivity contribution is 0.208. The summed E-state index contributed by atoms with van der Waals surface area (Å²) in [5.41, 5.74) is -1.24. The maximum absolute atomic E-state index is 13.4. The molecule has 0 saturated heterocycles. The summed E-state index contributed by atoms with van der Waals surface area (Å²) in [5, 5.41) is 9.76. The van der Waals surface area contributed by atoms with Gasteiger partial charge in [-0.25, -0.2) is 22.0 Å². The number of rotatable bonds is 2. The fraction of sp³-hybridized carbons (Fsp3) is 0.0769. The highest BCUT2D eigenvalue weighted by Crippen LogP contribution is 2.28. The molecule has 0 aliphatic rings. The summed E-state index contributed by atoms with van der Waals surface area (Å²) in [7, 11) is 0. The summed E-state index contributed by atoms with van der Waals surface area (Å²) < 4.78 is 65.5. The van der Waals surface area contributed by atoms with Crippen LogP contribution in [-0.2, 0) is 0 Å². The molecule has 6 heteroatoms. The van der Waals surface area contributed by atoms with Crippen molar-refractivity contribution in [2.75, 3.05) is 0 Å². The van der Waals surface area contributed by atoms with Crippen LogP contribution < -0.4 is 0 Å². The van der Waals surface area contributed by atoms with Gasteiger partial charge in [-0.1, -0.05) is 0 Å². The molecule has 0 heterocycles. The van der Waals surface area contributed by atoms with Gasteiger partial charge in [-0.05, 0) is 24.3 Å². The third-order valence-electron chi connectivity index (χ3n) is 2.59. The second-order valence-corrected chi connectivity index (χ2v) is 3.86. The summed E-state index contributed by atoms with van der Waals surface area (Å²) >= 11 is 0. The summed E-state index contributed by atoms with van der Waals surface area (Å²) in [6.45, 7) is 0. The van der Waals surface area contributed by atoms with Gasteiger partial charge >= 0.3 is 0 Å². The zero-order valence-corrected chi connectivity index (χ0v) is 9.30. The minimum atomic E-state index is -1.94. The van der Waals surface area contributed by atoms with E-state index in [1.807, 2.05) is 0 Å². The molecule has 0 saturated carbocycles. The Morgan fingerprint density at radius 2 is 1.26 bits per heavy atom. The highest BCUT2D eigenvalue weighted by molar-refractivity contribution is 5.32. The van der Waals surface area contributed by atoms with Crippen molar-refractivity contribution in [3.05, 3.63) is 70.5 Å². The fourth-order valence-electron chi connectivity index (χ4n) is 1.64. The molecule has 2 aromatic carbocycles. The Morgan fingerprint density at radius 3 is 1.95 bits per heavy atom. The van der Waals surface area contributed by atoms with Gasteiger partial charge in [-0.3, -0.25) is 0 Å². The molecular formula is C13H7F5O. The van der Waals surface area contributed by atoms with Gasteiger partial charge in [0.2, 0.25) is 0 Å². The van der Waals surface area contributed by atoms with E-state index in [0.717, 1.165) is 12.1 Å². The van der Waals surface area contributed by atoms with Crippen LogP contribution in [0.3, 0.4) is 0 Å². The van der Waals surface area contributed by atoms with Crippen molar-refractivity contribution in [3.8, 4) is 0 Å². The van der Waals surface area contributed by atoms with Gasteiger partial charge in [0.15, 0.2) is 11.6 Å². The predicted molar refractivity (Wildman–Crippen MR) is 56.7 cm³/mol. The van der Waals surface area contributed by atoms with Gasteiger partial charge in [-0.2, -0.15) is 0 Å². The maximum atomic E-state index is 13.4. The average molecular weight is 274 g/mol. The van der Waals surface area contributed by atoms with Crippen molar-refractivity contribution in [1.29, 1.82) is 0 Å². The van der Waals surface area contributed by atoms with E-state index in [-0.39, 0.29) is 6.07 Å².